The molecule has 1 saturated carbocycles. The van der Waals surface area contributed by atoms with Gasteiger partial charge in [-0.3, -0.25) is 0 Å². The second-order valence-corrected chi connectivity index (χ2v) is 5.94. The lowest BCUT2D eigenvalue weighted by Crippen LogP contribution is -2.26. The van der Waals surface area contributed by atoms with Gasteiger partial charge in [0.25, 0.3) is 0 Å². The fraction of sp³-hybridized carbons (Fsp3) is 0.368. The maximum absolute atomic E-state index is 5.97. The molecule has 2 unspecified atom stereocenters. The van der Waals surface area contributed by atoms with Crippen molar-refractivity contribution >= 4 is 5.69 Å². The zero-order valence-corrected chi connectivity index (χ0v) is 12.8. The molecule has 21 heavy (non-hydrogen) atoms. The van der Waals surface area contributed by atoms with Crippen LogP contribution in [0.5, 0.6) is 0 Å². The number of rotatable bonds is 1. The summed E-state index contributed by atoms with van der Waals surface area (Å²) in [6.07, 6.45) is 4.85. The minimum Gasteiger partial charge on any atom is -0.399 e. The van der Waals surface area contributed by atoms with Gasteiger partial charge in [-0.1, -0.05) is 54.4 Å². The first kappa shape index (κ1) is 15.6. The summed E-state index contributed by atoms with van der Waals surface area (Å²) in [5.41, 5.74) is 15.2. The van der Waals surface area contributed by atoms with Gasteiger partial charge in [0.05, 0.1) is 0 Å². The van der Waals surface area contributed by atoms with Crippen LogP contribution in [0, 0.1) is 6.92 Å². The average Bonchev–Trinajstić information content (AvgIpc) is 2.49. The molecule has 112 valence electrons. The van der Waals surface area contributed by atoms with Gasteiger partial charge in [-0.15, -0.1) is 0 Å². The predicted octanol–water partition coefficient (Wildman–Crippen LogP) is 4.25. The Balaban J connectivity index is 0.000000194. The number of aryl methyl sites for hydroxylation is 1. The van der Waals surface area contributed by atoms with Crippen molar-refractivity contribution in [2.45, 2.75) is 44.6 Å². The Bertz CT molecular complexity index is 519. The molecule has 1 aliphatic rings. The average molecular weight is 282 g/mol. The van der Waals surface area contributed by atoms with Gasteiger partial charge in [0.15, 0.2) is 0 Å². The molecule has 1 fully saturated rings. The normalized spacial score (nSPS) is 21.2. The number of anilines is 1. The standard InChI is InChI=1S/C12H18N2.C7H8/c13-11-6-4-9(5-7-11)10-2-1-3-12(14)8-10;1-7-5-3-2-4-6-7/h4-7,10,12H,1-3,8,13-14H2;2-6H,1H3. The van der Waals surface area contributed by atoms with Crippen molar-refractivity contribution in [2.75, 3.05) is 5.73 Å². The lowest BCUT2D eigenvalue weighted by molar-refractivity contribution is 0.393. The zero-order valence-electron chi connectivity index (χ0n) is 12.8. The van der Waals surface area contributed by atoms with Crippen molar-refractivity contribution in [3.8, 4) is 0 Å². The molecule has 2 heteroatoms. The number of hydrogen-bond donors (Lipinski definition) is 2. The summed E-state index contributed by atoms with van der Waals surface area (Å²) >= 11 is 0. The van der Waals surface area contributed by atoms with Crippen LogP contribution in [0.1, 0.15) is 42.7 Å². The molecule has 0 radical (unpaired) electrons. The van der Waals surface area contributed by atoms with Crippen LogP contribution >= 0.6 is 0 Å². The van der Waals surface area contributed by atoms with E-state index in [-0.39, 0.29) is 0 Å². The maximum Gasteiger partial charge on any atom is 0.0314 e. The Labute approximate surface area is 128 Å². The third-order valence-corrected chi connectivity index (χ3v) is 4.06. The fourth-order valence-electron chi connectivity index (χ4n) is 2.83. The molecular weight excluding hydrogens is 256 g/mol. The van der Waals surface area contributed by atoms with Crippen LogP contribution in [0.4, 0.5) is 5.69 Å². The molecular formula is C19H26N2. The van der Waals surface area contributed by atoms with Crippen molar-refractivity contribution in [2.24, 2.45) is 5.73 Å². The van der Waals surface area contributed by atoms with Gasteiger partial charge in [-0.25, -0.2) is 0 Å². The molecule has 2 atom stereocenters. The Hall–Kier alpha value is -1.80. The van der Waals surface area contributed by atoms with Crippen molar-refractivity contribution < 1.29 is 0 Å². The number of hydrogen-bond acceptors (Lipinski definition) is 2. The first-order valence-corrected chi connectivity index (χ1v) is 7.78. The monoisotopic (exact) mass is 282 g/mol. The zero-order chi connectivity index (χ0) is 15.1. The van der Waals surface area contributed by atoms with E-state index in [1.807, 2.05) is 30.3 Å². The molecule has 0 aromatic heterocycles. The van der Waals surface area contributed by atoms with Crippen LogP contribution in [0.3, 0.4) is 0 Å². The molecule has 2 nitrogen and oxygen atoms in total. The highest BCUT2D eigenvalue weighted by molar-refractivity contribution is 5.40. The number of benzene rings is 2. The summed E-state index contributed by atoms with van der Waals surface area (Å²) in [6.45, 7) is 2.08. The van der Waals surface area contributed by atoms with E-state index in [0.29, 0.717) is 12.0 Å². The minimum atomic E-state index is 0.395. The topological polar surface area (TPSA) is 52.0 Å². The third kappa shape index (κ3) is 5.24. The molecule has 4 N–H and O–H groups in total. The van der Waals surface area contributed by atoms with Crippen LogP contribution in [0.25, 0.3) is 0 Å². The van der Waals surface area contributed by atoms with Crippen LogP contribution in [0.15, 0.2) is 54.6 Å². The molecule has 0 spiro atoms. The van der Waals surface area contributed by atoms with E-state index in [4.69, 9.17) is 11.5 Å². The van der Waals surface area contributed by atoms with Crippen molar-refractivity contribution in [1.29, 1.82) is 0 Å². The first-order valence-electron chi connectivity index (χ1n) is 7.78. The molecule has 0 aliphatic heterocycles. The van der Waals surface area contributed by atoms with Gasteiger partial charge in [0, 0.05) is 11.7 Å². The Morgan fingerprint density at radius 2 is 1.57 bits per heavy atom. The maximum atomic E-state index is 5.97. The summed E-state index contributed by atoms with van der Waals surface area (Å²) in [5.74, 6) is 0.652. The van der Waals surface area contributed by atoms with Gasteiger partial charge in [0.2, 0.25) is 0 Å². The second kappa shape index (κ2) is 7.84. The SMILES string of the molecule is Cc1ccccc1.Nc1ccc(C2CCCC(N)C2)cc1. The molecule has 0 saturated heterocycles. The van der Waals surface area contributed by atoms with E-state index >= 15 is 0 Å². The molecule has 0 amide bonds. The summed E-state index contributed by atoms with van der Waals surface area (Å²) in [6, 6.07) is 18.9. The predicted molar refractivity (Wildman–Crippen MR) is 91.2 cm³/mol. The van der Waals surface area contributed by atoms with Gasteiger partial charge in [-0.2, -0.15) is 0 Å². The minimum absolute atomic E-state index is 0.395. The molecule has 0 bridgehead atoms. The molecule has 0 heterocycles. The summed E-state index contributed by atoms with van der Waals surface area (Å²) in [7, 11) is 0. The van der Waals surface area contributed by atoms with Crippen LogP contribution in [-0.4, -0.2) is 6.04 Å². The van der Waals surface area contributed by atoms with Gasteiger partial charge >= 0.3 is 0 Å². The van der Waals surface area contributed by atoms with E-state index in [0.717, 1.165) is 12.1 Å². The third-order valence-electron chi connectivity index (χ3n) is 4.06. The van der Waals surface area contributed by atoms with E-state index in [1.165, 1.54) is 30.4 Å². The summed E-state index contributed by atoms with van der Waals surface area (Å²) < 4.78 is 0. The smallest absolute Gasteiger partial charge is 0.0314 e. The number of nitrogens with two attached hydrogens (primary N) is 2. The quantitative estimate of drug-likeness (QED) is 0.768. The largest absolute Gasteiger partial charge is 0.399 e. The number of nitrogen functional groups attached to an aromatic ring is 1. The lowest BCUT2D eigenvalue weighted by Gasteiger charge is -2.26. The summed E-state index contributed by atoms with van der Waals surface area (Å²) in [4.78, 5) is 0. The molecule has 1 aliphatic carbocycles. The Morgan fingerprint density at radius 3 is 2.10 bits per heavy atom. The lowest BCUT2D eigenvalue weighted by atomic mass is 9.82. The van der Waals surface area contributed by atoms with Gasteiger partial charge in [0.1, 0.15) is 0 Å². The van der Waals surface area contributed by atoms with E-state index in [9.17, 15) is 0 Å². The Kier molecular flexibility index (Phi) is 5.82. The van der Waals surface area contributed by atoms with E-state index in [1.54, 1.807) is 0 Å². The summed E-state index contributed by atoms with van der Waals surface area (Å²) in [5, 5.41) is 0. The van der Waals surface area contributed by atoms with Crippen molar-refractivity contribution in [1.82, 2.24) is 0 Å². The van der Waals surface area contributed by atoms with Crippen molar-refractivity contribution in [3.63, 3.8) is 0 Å². The highest BCUT2D eigenvalue weighted by Crippen LogP contribution is 2.32. The van der Waals surface area contributed by atoms with E-state index in [2.05, 4.69) is 31.2 Å². The van der Waals surface area contributed by atoms with Gasteiger partial charge in [-0.05, 0) is 49.8 Å². The molecule has 2 aromatic carbocycles. The van der Waals surface area contributed by atoms with E-state index < -0.39 is 0 Å². The molecule has 3 rings (SSSR count). The van der Waals surface area contributed by atoms with Crippen molar-refractivity contribution in [3.05, 3.63) is 65.7 Å². The van der Waals surface area contributed by atoms with Crippen LogP contribution in [0.2, 0.25) is 0 Å². The first-order chi connectivity index (χ1) is 10.1. The molecule has 2 aromatic rings. The second-order valence-electron chi connectivity index (χ2n) is 5.94. The van der Waals surface area contributed by atoms with Crippen LogP contribution < -0.4 is 11.5 Å². The Morgan fingerprint density at radius 1 is 0.905 bits per heavy atom. The highest BCUT2D eigenvalue weighted by Gasteiger charge is 2.20. The van der Waals surface area contributed by atoms with Gasteiger partial charge < -0.3 is 11.5 Å². The fourth-order valence-corrected chi connectivity index (χ4v) is 2.83. The highest BCUT2D eigenvalue weighted by atomic mass is 14.6. The van der Waals surface area contributed by atoms with Crippen LogP contribution in [-0.2, 0) is 0 Å².